The Balaban J connectivity index is 1.41. The number of para-hydroxylation sites is 1. The van der Waals surface area contributed by atoms with E-state index in [-0.39, 0.29) is 18.6 Å². The number of fused-ring (bicyclic) bond motifs is 1. The number of hydrogen-bond acceptors (Lipinski definition) is 4. The van der Waals surface area contributed by atoms with E-state index in [0.717, 1.165) is 23.5 Å². The van der Waals surface area contributed by atoms with Crippen LogP contribution in [0.1, 0.15) is 18.0 Å². The number of carbonyl (C=O) groups is 1. The quantitative estimate of drug-likeness (QED) is 0.738. The molecule has 1 heterocycles. The lowest BCUT2D eigenvalue weighted by Gasteiger charge is -2.26. The zero-order valence-electron chi connectivity index (χ0n) is 13.7. The second-order valence-electron chi connectivity index (χ2n) is 5.65. The van der Waals surface area contributed by atoms with Crippen molar-refractivity contribution >= 4 is 29.3 Å². The summed E-state index contributed by atoms with van der Waals surface area (Å²) in [7, 11) is 0. The minimum Gasteiger partial charge on any atom is -0.491 e. The summed E-state index contributed by atoms with van der Waals surface area (Å²) in [6.07, 6.45) is 0.890. The van der Waals surface area contributed by atoms with Crippen LogP contribution in [0.15, 0.2) is 53.4 Å². The second kappa shape index (κ2) is 9.13. The molecule has 132 valence electrons. The molecule has 1 atom stereocenters. The fourth-order valence-corrected chi connectivity index (χ4v) is 3.94. The maximum Gasteiger partial charge on any atom is 0.246 e. The van der Waals surface area contributed by atoms with Crippen LogP contribution in [-0.4, -0.2) is 31.5 Å². The average Bonchev–Trinajstić information content (AvgIpc) is 2.63. The van der Waals surface area contributed by atoms with Gasteiger partial charge in [-0.05, 0) is 42.3 Å². The number of nitrogens with one attached hydrogen (secondary N) is 1. The molecule has 0 radical (unpaired) electrons. The van der Waals surface area contributed by atoms with Gasteiger partial charge in [0.15, 0.2) is 0 Å². The highest BCUT2D eigenvalue weighted by atomic mass is 35.5. The van der Waals surface area contributed by atoms with E-state index in [1.54, 1.807) is 11.8 Å². The Morgan fingerprint density at radius 3 is 2.88 bits per heavy atom. The number of ether oxygens (including phenoxy) is 2. The smallest absolute Gasteiger partial charge is 0.246 e. The average molecular weight is 378 g/mol. The Kier molecular flexibility index (Phi) is 6.62. The molecule has 25 heavy (non-hydrogen) atoms. The fourth-order valence-electron chi connectivity index (χ4n) is 2.65. The van der Waals surface area contributed by atoms with Crippen LogP contribution in [0.2, 0.25) is 5.02 Å². The molecule has 3 rings (SSSR count). The Bertz CT molecular complexity index is 711. The zero-order valence-corrected chi connectivity index (χ0v) is 15.3. The van der Waals surface area contributed by atoms with Gasteiger partial charge in [0, 0.05) is 15.7 Å². The van der Waals surface area contributed by atoms with Gasteiger partial charge in [-0.1, -0.05) is 29.8 Å². The van der Waals surface area contributed by atoms with Gasteiger partial charge in [0.2, 0.25) is 5.91 Å². The van der Waals surface area contributed by atoms with Crippen molar-refractivity contribution in [3.8, 4) is 5.75 Å². The standard InChI is InChI=1S/C19H20ClNO3S/c20-14-6-7-18-16(12-14)17(8-11-25-18)21-19(22)13-23-9-10-24-15-4-2-1-3-5-15/h1-7,12,17H,8-11,13H2,(H,21,22). The molecule has 1 aliphatic heterocycles. The largest absolute Gasteiger partial charge is 0.491 e. The predicted octanol–water partition coefficient (Wildman–Crippen LogP) is 4.09. The predicted molar refractivity (Wildman–Crippen MR) is 100 cm³/mol. The first-order valence-corrected chi connectivity index (χ1v) is 9.56. The highest BCUT2D eigenvalue weighted by Gasteiger charge is 2.22. The Labute approximate surface area is 156 Å². The lowest BCUT2D eigenvalue weighted by Crippen LogP contribution is -2.33. The molecule has 1 amide bonds. The number of hydrogen-bond donors (Lipinski definition) is 1. The summed E-state index contributed by atoms with van der Waals surface area (Å²) < 4.78 is 10.9. The van der Waals surface area contributed by atoms with Crippen LogP contribution in [0.4, 0.5) is 0 Å². The third kappa shape index (κ3) is 5.39. The highest BCUT2D eigenvalue weighted by Crippen LogP contribution is 2.37. The molecule has 0 saturated carbocycles. The van der Waals surface area contributed by atoms with Crippen molar-refractivity contribution in [3.63, 3.8) is 0 Å². The molecule has 2 aromatic rings. The van der Waals surface area contributed by atoms with Gasteiger partial charge in [0.05, 0.1) is 12.6 Å². The molecular formula is C19H20ClNO3S. The Hall–Kier alpha value is -1.69. The van der Waals surface area contributed by atoms with Crippen LogP contribution in [0.3, 0.4) is 0 Å². The van der Waals surface area contributed by atoms with Crippen molar-refractivity contribution in [1.82, 2.24) is 5.32 Å². The Morgan fingerprint density at radius 1 is 1.20 bits per heavy atom. The third-order valence-corrected chi connectivity index (χ3v) is 5.18. The molecule has 0 fully saturated rings. The van der Waals surface area contributed by atoms with Crippen molar-refractivity contribution in [3.05, 3.63) is 59.1 Å². The van der Waals surface area contributed by atoms with E-state index in [1.807, 2.05) is 48.5 Å². The summed E-state index contributed by atoms with van der Waals surface area (Å²) in [6.45, 7) is 0.804. The van der Waals surface area contributed by atoms with Crippen molar-refractivity contribution in [2.24, 2.45) is 0 Å². The van der Waals surface area contributed by atoms with Crippen LogP contribution in [0, 0.1) is 0 Å². The number of halogens is 1. The number of benzene rings is 2. The number of thioether (sulfide) groups is 1. The minimum absolute atomic E-state index is 0.00776. The number of rotatable bonds is 7. The molecule has 0 aliphatic carbocycles. The molecule has 0 bridgehead atoms. The van der Waals surface area contributed by atoms with E-state index in [9.17, 15) is 4.79 Å². The third-order valence-electron chi connectivity index (χ3n) is 3.82. The first kappa shape index (κ1) is 18.1. The van der Waals surface area contributed by atoms with Crippen molar-refractivity contribution in [2.45, 2.75) is 17.4 Å². The fraction of sp³-hybridized carbons (Fsp3) is 0.316. The molecule has 0 saturated heterocycles. The zero-order chi connectivity index (χ0) is 17.5. The summed E-state index contributed by atoms with van der Waals surface area (Å²) in [5.41, 5.74) is 1.09. The van der Waals surface area contributed by atoms with Crippen molar-refractivity contribution in [2.75, 3.05) is 25.6 Å². The minimum atomic E-state index is -0.123. The topological polar surface area (TPSA) is 47.6 Å². The van der Waals surface area contributed by atoms with Crippen LogP contribution in [0.5, 0.6) is 5.75 Å². The van der Waals surface area contributed by atoms with E-state index in [4.69, 9.17) is 21.1 Å². The molecule has 4 nitrogen and oxygen atoms in total. The maximum atomic E-state index is 12.1. The summed E-state index contributed by atoms with van der Waals surface area (Å²) in [6, 6.07) is 15.3. The lowest BCUT2D eigenvalue weighted by molar-refractivity contribution is -0.126. The highest BCUT2D eigenvalue weighted by molar-refractivity contribution is 7.99. The van der Waals surface area contributed by atoms with E-state index >= 15 is 0 Å². The van der Waals surface area contributed by atoms with E-state index in [0.29, 0.717) is 18.2 Å². The first-order valence-electron chi connectivity index (χ1n) is 8.19. The SMILES string of the molecule is O=C(COCCOc1ccccc1)NC1CCSc2ccc(Cl)cc21. The second-order valence-corrected chi connectivity index (χ2v) is 7.23. The van der Waals surface area contributed by atoms with Gasteiger partial charge in [-0.15, -0.1) is 11.8 Å². The number of amides is 1. The molecule has 1 N–H and O–H groups in total. The van der Waals surface area contributed by atoms with Crippen molar-refractivity contribution in [1.29, 1.82) is 0 Å². The molecule has 1 aliphatic rings. The maximum absolute atomic E-state index is 12.1. The van der Waals surface area contributed by atoms with Gasteiger partial charge >= 0.3 is 0 Å². The van der Waals surface area contributed by atoms with E-state index < -0.39 is 0 Å². The molecule has 6 heteroatoms. The van der Waals surface area contributed by atoms with Gasteiger partial charge in [0.1, 0.15) is 19.0 Å². The van der Waals surface area contributed by atoms with Gasteiger partial charge in [-0.2, -0.15) is 0 Å². The normalized spacial score (nSPS) is 16.1. The van der Waals surface area contributed by atoms with Gasteiger partial charge < -0.3 is 14.8 Å². The van der Waals surface area contributed by atoms with Gasteiger partial charge in [0.25, 0.3) is 0 Å². The van der Waals surface area contributed by atoms with Crippen LogP contribution in [-0.2, 0) is 9.53 Å². The number of carbonyl (C=O) groups excluding carboxylic acids is 1. The lowest BCUT2D eigenvalue weighted by atomic mass is 10.0. The van der Waals surface area contributed by atoms with Gasteiger partial charge in [-0.3, -0.25) is 4.79 Å². The molecule has 0 aromatic heterocycles. The molecule has 0 spiro atoms. The monoisotopic (exact) mass is 377 g/mol. The molecule has 1 unspecified atom stereocenters. The van der Waals surface area contributed by atoms with Gasteiger partial charge in [-0.25, -0.2) is 0 Å². The van der Waals surface area contributed by atoms with Crippen LogP contribution >= 0.6 is 23.4 Å². The molecular weight excluding hydrogens is 358 g/mol. The summed E-state index contributed by atoms with van der Waals surface area (Å²) in [5.74, 6) is 1.65. The Morgan fingerprint density at radius 2 is 2.04 bits per heavy atom. The van der Waals surface area contributed by atoms with Crippen LogP contribution < -0.4 is 10.1 Å². The van der Waals surface area contributed by atoms with Crippen LogP contribution in [0.25, 0.3) is 0 Å². The summed E-state index contributed by atoms with van der Waals surface area (Å²) in [4.78, 5) is 13.3. The van der Waals surface area contributed by atoms with E-state index in [2.05, 4.69) is 5.32 Å². The first-order chi connectivity index (χ1) is 12.2. The molecule has 2 aromatic carbocycles. The van der Waals surface area contributed by atoms with Crippen molar-refractivity contribution < 1.29 is 14.3 Å². The summed E-state index contributed by atoms with van der Waals surface area (Å²) in [5, 5.41) is 3.72. The van der Waals surface area contributed by atoms with E-state index in [1.165, 1.54) is 4.90 Å². The summed E-state index contributed by atoms with van der Waals surface area (Å²) >= 11 is 7.88.